The van der Waals surface area contributed by atoms with E-state index in [2.05, 4.69) is 35.2 Å². The number of rotatable bonds is 7. The van der Waals surface area contributed by atoms with E-state index in [9.17, 15) is 4.79 Å². The van der Waals surface area contributed by atoms with Crippen molar-refractivity contribution in [1.82, 2.24) is 15.3 Å². The van der Waals surface area contributed by atoms with Crippen molar-refractivity contribution >= 4 is 29.3 Å². The number of thioether (sulfide) groups is 1. The molecule has 1 amide bonds. The number of amides is 1. The summed E-state index contributed by atoms with van der Waals surface area (Å²) >= 11 is 7.95. The molecule has 0 saturated carbocycles. The van der Waals surface area contributed by atoms with Gasteiger partial charge in [-0.3, -0.25) is 4.79 Å². The average Bonchev–Trinajstić information content (AvgIpc) is 3.08. The van der Waals surface area contributed by atoms with E-state index in [0.717, 1.165) is 28.4 Å². The molecule has 1 aliphatic rings. The van der Waals surface area contributed by atoms with E-state index in [1.807, 2.05) is 18.4 Å². The first-order chi connectivity index (χ1) is 13.0. The van der Waals surface area contributed by atoms with Crippen LogP contribution >= 0.6 is 23.4 Å². The van der Waals surface area contributed by atoms with Crippen LogP contribution in [0.2, 0.25) is 5.02 Å². The maximum Gasteiger partial charge on any atom is 0.220 e. The van der Waals surface area contributed by atoms with Crippen molar-refractivity contribution in [3.63, 3.8) is 0 Å². The maximum atomic E-state index is 11.9. The zero-order valence-electron chi connectivity index (χ0n) is 15.8. The number of fused-ring (bicyclic) bond motifs is 1. The SMILES string of the molecule is CSc1nccc(-c2cc(Cl)c3c(c2)CC(CNC(=O)CCC(C)C)O3)n1. The molecule has 1 aromatic heterocycles. The highest BCUT2D eigenvalue weighted by Gasteiger charge is 2.26. The zero-order valence-corrected chi connectivity index (χ0v) is 17.4. The molecule has 2 heterocycles. The zero-order chi connectivity index (χ0) is 19.4. The van der Waals surface area contributed by atoms with Gasteiger partial charge in [0.05, 0.1) is 17.3 Å². The number of benzene rings is 1. The first-order valence-electron chi connectivity index (χ1n) is 9.09. The molecule has 5 nitrogen and oxygen atoms in total. The molecule has 0 spiro atoms. The molecule has 0 saturated heterocycles. The van der Waals surface area contributed by atoms with Gasteiger partial charge in [0.1, 0.15) is 11.9 Å². The van der Waals surface area contributed by atoms with Crippen molar-refractivity contribution in [3.05, 3.63) is 35.0 Å². The fourth-order valence-corrected chi connectivity index (χ4v) is 3.62. The minimum absolute atomic E-state index is 0.0700. The van der Waals surface area contributed by atoms with Gasteiger partial charge in [-0.2, -0.15) is 0 Å². The van der Waals surface area contributed by atoms with Crippen LogP contribution in [0.15, 0.2) is 29.6 Å². The number of nitrogens with one attached hydrogen (secondary N) is 1. The summed E-state index contributed by atoms with van der Waals surface area (Å²) in [6.07, 6.45) is 5.76. The van der Waals surface area contributed by atoms with Crippen LogP contribution in [0.3, 0.4) is 0 Å². The van der Waals surface area contributed by atoms with E-state index in [1.54, 1.807) is 6.20 Å². The molecule has 1 aliphatic heterocycles. The van der Waals surface area contributed by atoms with E-state index in [-0.39, 0.29) is 12.0 Å². The lowest BCUT2D eigenvalue weighted by atomic mass is 10.0. The molecule has 1 atom stereocenters. The first kappa shape index (κ1) is 20.0. The molecule has 1 unspecified atom stereocenters. The Balaban J connectivity index is 1.66. The third-order valence-corrected chi connectivity index (χ3v) is 5.28. The van der Waals surface area contributed by atoms with Gasteiger partial charge in [-0.15, -0.1) is 0 Å². The maximum absolute atomic E-state index is 11.9. The Morgan fingerprint density at radius 2 is 2.26 bits per heavy atom. The molecule has 0 fully saturated rings. The van der Waals surface area contributed by atoms with E-state index >= 15 is 0 Å². The second-order valence-corrected chi connectivity index (χ2v) is 8.24. The smallest absolute Gasteiger partial charge is 0.220 e. The van der Waals surface area contributed by atoms with Gasteiger partial charge in [-0.05, 0) is 36.8 Å². The molecule has 1 N–H and O–H groups in total. The topological polar surface area (TPSA) is 64.1 Å². The van der Waals surface area contributed by atoms with Gasteiger partial charge in [-0.25, -0.2) is 9.97 Å². The van der Waals surface area contributed by atoms with Crippen molar-refractivity contribution in [2.75, 3.05) is 12.8 Å². The quantitative estimate of drug-likeness (QED) is 0.547. The second-order valence-electron chi connectivity index (χ2n) is 7.06. The van der Waals surface area contributed by atoms with Crippen LogP contribution in [0.25, 0.3) is 11.3 Å². The molecule has 2 aromatic rings. The third-order valence-electron chi connectivity index (χ3n) is 4.44. The Bertz CT molecular complexity index is 829. The minimum atomic E-state index is -0.0945. The van der Waals surface area contributed by atoms with E-state index in [0.29, 0.717) is 36.1 Å². The van der Waals surface area contributed by atoms with Gasteiger partial charge in [-0.1, -0.05) is 37.2 Å². The van der Waals surface area contributed by atoms with Crippen LogP contribution in [0.1, 0.15) is 32.3 Å². The predicted molar refractivity (Wildman–Crippen MR) is 109 cm³/mol. The number of halogens is 1. The van der Waals surface area contributed by atoms with Gasteiger partial charge in [0.15, 0.2) is 5.16 Å². The van der Waals surface area contributed by atoms with Crippen LogP contribution in [-0.2, 0) is 11.2 Å². The monoisotopic (exact) mass is 405 g/mol. The summed E-state index contributed by atoms with van der Waals surface area (Å²) in [5.41, 5.74) is 2.83. The molecule has 1 aromatic carbocycles. The molecule has 0 radical (unpaired) electrons. The van der Waals surface area contributed by atoms with Crippen LogP contribution in [-0.4, -0.2) is 34.8 Å². The van der Waals surface area contributed by atoms with Gasteiger partial charge in [0.25, 0.3) is 0 Å². The van der Waals surface area contributed by atoms with Crippen molar-refractivity contribution in [2.24, 2.45) is 5.92 Å². The summed E-state index contributed by atoms with van der Waals surface area (Å²) in [6.45, 7) is 4.72. The average molecular weight is 406 g/mol. The first-order valence-corrected chi connectivity index (χ1v) is 10.7. The molecule has 27 heavy (non-hydrogen) atoms. The van der Waals surface area contributed by atoms with Crippen molar-refractivity contribution in [2.45, 2.75) is 44.4 Å². The number of carbonyl (C=O) groups is 1. The Morgan fingerprint density at radius 1 is 1.44 bits per heavy atom. The number of hydrogen-bond acceptors (Lipinski definition) is 5. The normalized spacial score (nSPS) is 15.5. The molecule has 0 bridgehead atoms. The van der Waals surface area contributed by atoms with Gasteiger partial charge >= 0.3 is 0 Å². The lowest BCUT2D eigenvalue weighted by Crippen LogP contribution is -2.34. The van der Waals surface area contributed by atoms with E-state index in [1.165, 1.54) is 11.8 Å². The largest absolute Gasteiger partial charge is 0.486 e. The summed E-state index contributed by atoms with van der Waals surface area (Å²) < 4.78 is 5.97. The van der Waals surface area contributed by atoms with E-state index < -0.39 is 0 Å². The molecule has 144 valence electrons. The van der Waals surface area contributed by atoms with Crippen LogP contribution in [0.5, 0.6) is 5.75 Å². The lowest BCUT2D eigenvalue weighted by molar-refractivity contribution is -0.121. The highest BCUT2D eigenvalue weighted by atomic mass is 35.5. The van der Waals surface area contributed by atoms with Gasteiger partial charge < -0.3 is 10.1 Å². The Morgan fingerprint density at radius 3 is 3.00 bits per heavy atom. The Hall–Kier alpha value is -1.79. The van der Waals surface area contributed by atoms with Crippen molar-refractivity contribution in [3.8, 4) is 17.0 Å². The number of carbonyl (C=O) groups excluding carboxylic acids is 1. The Labute approximate surface area is 169 Å². The Kier molecular flexibility index (Phi) is 6.60. The fourth-order valence-electron chi connectivity index (χ4n) is 2.99. The van der Waals surface area contributed by atoms with Crippen LogP contribution in [0.4, 0.5) is 0 Å². The predicted octanol–water partition coefficient (Wildman–Crippen LogP) is 4.37. The van der Waals surface area contributed by atoms with Crippen molar-refractivity contribution < 1.29 is 9.53 Å². The molecule has 3 rings (SSSR count). The summed E-state index contributed by atoms with van der Waals surface area (Å²) in [5, 5.41) is 4.26. The summed E-state index contributed by atoms with van der Waals surface area (Å²) in [6, 6.07) is 5.81. The number of aromatic nitrogens is 2. The third kappa shape index (κ3) is 5.14. The summed E-state index contributed by atoms with van der Waals surface area (Å²) in [5.74, 6) is 1.30. The lowest BCUT2D eigenvalue weighted by Gasteiger charge is -2.13. The highest BCUT2D eigenvalue weighted by molar-refractivity contribution is 7.98. The van der Waals surface area contributed by atoms with Gasteiger partial charge in [0, 0.05) is 30.2 Å². The van der Waals surface area contributed by atoms with Gasteiger partial charge in [0.2, 0.25) is 5.91 Å². The van der Waals surface area contributed by atoms with Crippen LogP contribution < -0.4 is 10.1 Å². The minimum Gasteiger partial charge on any atom is -0.486 e. The molecule has 7 heteroatoms. The summed E-state index contributed by atoms with van der Waals surface area (Å²) in [7, 11) is 0. The fraction of sp³-hybridized carbons (Fsp3) is 0.450. The highest BCUT2D eigenvalue weighted by Crippen LogP contribution is 2.39. The molecular weight excluding hydrogens is 382 g/mol. The van der Waals surface area contributed by atoms with Crippen LogP contribution in [0, 0.1) is 5.92 Å². The number of ether oxygens (including phenoxy) is 1. The van der Waals surface area contributed by atoms with Crippen molar-refractivity contribution in [1.29, 1.82) is 0 Å². The second kappa shape index (κ2) is 8.93. The summed E-state index contributed by atoms with van der Waals surface area (Å²) in [4.78, 5) is 20.7. The molecular formula is C20H24ClN3O2S. The number of hydrogen-bond donors (Lipinski definition) is 1. The molecule has 0 aliphatic carbocycles. The van der Waals surface area contributed by atoms with E-state index in [4.69, 9.17) is 16.3 Å². The standard InChI is InChI=1S/C20H24ClN3O2S/c1-12(2)4-5-18(25)23-11-15-9-14-8-13(10-16(21)19(14)26-15)17-6-7-22-20(24-17)27-3/h6-8,10,12,15H,4-5,9,11H2,1-3H3,(H,23,25). The number of nitrogens with zero attached hydrogens (tertiary/aromatic N) is 2.